The highest BCUT2D eigenvalue weighted by atomic mass is 16.5. The monoisotopic (exact) mass is 377 g/mol. The zero-order chi connectivity index (χ0) is 20.0. The third-order valence-electron chi connectivity index (χ3n) is 5.77. The van der Waals surface area contributed by atoms with Gasteiger partial charge in [0.15, 0.2) is 0 Å². The highest BCUT2D eigenvalue weighted by molar-refractivity contribution is 6.05. The summed E-state index contributed by atoms with van der Waals surface area (Å²) in [6.45, 7) is 6.47. The molecular formula is C24H27NO3. The number of phenols is 1. The standard InChI is InChI=1S/C24H27NO3/c1-13-11-20(27-4)23-17(7-6-8-19(23)26)21(13)18-10-9-16-12-14(2)25-15(3)22(16)24(18)28-5/h6-11,14-15,25-26H,12H2,1-5H3/t14-,15-/m1/s1. The molecule has 0 spiro atoms. The summed E-state index contributed by atoms with van der Waals surface area (Å²) in [5.74, 6) is 1.80. The van der Waals surface area contributed by atoms with Crippen LogP contribution in [-0.4, -0.2) is 25.4 Å². The fourth-order valence-electron chi connectivity index (χ4n) is 4.69. The number of ether oxygens (including phenoxy) is 2. The Morgan fingerprint density at radius 2 is 1.86 bits per heavy atom. The summed E-state index contributed by atoms with van der Waals surface area (Å²) in [7, 11) is 3.37. The van der Waals surface area contributed by atoms with Crippen LogP contribution in [0, 0.1) is 6.92 Å². The molecule has 3 aromatic rings. The second-order valence-corrected chi connectivity index (χ2v) is 7.68. The van der Waals surface area contributed by atoms with E-state index < -0.39 is 0 Å². The number of rotatable bonds is 3. The van der Waals surface area contributed by atoms with Crippen LogP contribution in [0.15, 0.2) is 36.4 Å². The van der Waals surface area contributed by atoms with Gasteiger partial charge in [-0.25, -0.2) is 0 Å². The second kappa shape index (κ2) is 7.02. The Morgan fingerprint density at radius 1 is 1.07 bits per heavy atom. The zero-order valence-corrected chi connectivity index (χ0v) is 17.1. The summed E-state index contributed by atoms with van der Waals surface area (Å²) < 4.78 is 11.5. The summed E-state index contributed by atoms with van der Waals surface area (Å²) >= 11 is 0. The molecule has 0 saturated carbocycles. The van der Waals surface area contributed by atoms with E-state index in [-0.39, 0.29) is 11.8 Å². The number of methoxy groups -OCH3 is 2. The molecule has 1 heterocycles. The van der Waals surface area contributed by atoms with Crippen LogP contribution in [0.1, 0.15) is 36.6 Å². The molecule has 0 unspecified atom stereocenters. The van der Waals surface area contributed by atoms with Gasteiger partial charge in [0.2, 0.25) is 0 Å². The van der Waals surface area contributed by atoms with E-state index in [9.17, 15) is 5.11 Å². The Bertz CT molecular complexity index is 1060. The van der Waals surface area contributed by atoms with Gasteiger partial charge in [-0.2, -0.15) is 0 Å². The summed E-state index contributed by atoms with van der Waals surface area (Å²) in [6.07, 6.45) is 0.986. The van der Waals surface area contributed by atoms with Crippen molar-refractivity contribution in [2.75, 3.05) is 14.2 Å². The van der Waals surface area contributed by atoms with E-state index in [4.69, 9.17) is 9.47 Å². The van der Waals surface area contributed by atoms with Crippen molar-refractivity contribution in [2.24, 2.45) is 0 Å². The van der Waals surface area contributed by atoms with Crippen molar-refractivity contribution < 1.29 is 14.6 Å². The van der Waals surface area contributed by atoms with Crippen molar-refractivity contribution in [1.82, 2.24) is 5.32 Å². The fraction of sp³-hybridized carbons (Fsp3) is 0.333. The minimum absolute atomic E-state index is 0.215. The molecule has 0 bridgehead atoms. The lowest BCUT2D eigenvalue weighted by Crippen LogP contribution is -2.36. The topological polar surface area (TPSA) is 50.7 Å². The predicted octanol–water partition coefficient (Wildman–Crippen LogP) is 5.13. The van der Waals surface area contributed by atoms with Crippen LogP contribution in [0.2, 0.25) is 0 Å². The third kappa shape index (κ3) is 2.80. The molecule has 0 aromatic heterocycles. The predicted molar refractivity (Wildman–Crippen MR) is 114 cm³/mol. The number of phenolic OH excluding ortho intramolecular Hbond substituents is 1. The molecule has 3 aromatic carbocycles. The van der Waals surface area contributed by atoms with E-state index in [1.165, 1.54) is 11.1 Å². The first-order valence-electron chi connectivity index (χ1n) is 9.71. The van der Waals surface area contributed by atoms with Gasteiger partial charge >= 0.3 is 0 Å². The Balaban J connectivity index is 2.06. The van der Waals surface area contributed by atoms with Crippen molar-refractivity contribution in [2.45, 2.75) is 39.3 Å². The summed E-state index contributed by atoms with van der Waals surface area (Å²) in [5, 5.41) is 15.8. The van der Waals surface area contributed by atoms with Crippen molar-refractivity contribution >= 4 is 10.8 Å². The average Bonchev–Trinajstić information content (AvgIpc) is 2.66. The first kappa shape index (κ1) is 18.6. The van der Waals surface area contributed by atoms with E-state index in [0.29, 0.717) is 11.8 Å². The maximum atomic E-state index is 10.5. The van der Waals surface area contributed by atoms with E-state index >= 15 is 0 Å². The molecule has 28 heavy (non-hydrogen) atoms. The molecule has 1 aliphatic heterocycles. The van der Waals surface area contributed by atoms with Crippen molar-refractivity contribution in [3.05, 3.63) is 53.1 Å². The minimum Gasteiger partial charge on any atom is -0.507 e. The molecule has 0 amide bonds. The lowest BCUT2D eigenvalue weighted by Gasteiger charge is -2.32. The van der Waals surface area contributed by atoms with Crippen LogP contribution in [-0.2, 0) is 6.42 Å². The van der Waals surface area contributed by atoms with Crippen molar-refractivity contribution in [1.29, 1.82) is 0 Å². The van der Waals surface area contributed by atoms with Crippen LogP contribution in [0.5, 0.6) is 17.2 Å². The van der Waals surface area contributed by atoms with Gasteiger partial charge in [0, 0.05) is 23.2 Å². The Labute approximate surface area is 166 Å². The van der Waals surface area contributed by atoms with Gasteiger partial charge in [-0.3, -0.25) is 0 Å². The lowest BCUT2D eigenvalue weighted by molar-refractivity contribution is 0.383. The molecule has 146 valence electrons. The Morgan fingerprint density at radius 3 is 2.57 bits per heavy atom. The maximum Gasteiger partial charge on any atom is 0.131 e. The smallest absolute Gasteiger partial charge is 0.131 e. The minimum atomic E-state index is 0.215. The van der Waals surface area contributed by atoms with Gasteiger partial charge < -0.3 is 19.9 Å². The zero-order valence-electron chi connectivity index (χ0n) is 17.1. The number of fused-ring (bicyclic) bond motifs is 2. The van der Waals surface area contributed by atoms with Crippen LogP contribution < -0.4 is 14.8 Å². The second-order valence-electron chi connectivity index (χ2n) is 7.68. The Hall–Kier alpha value is -2.72. The quantitative estimate of drug-likeness (QED) is 0.664. The number of nitrogens with one attached hydrogen (secondary N) is 1. The van der Waals surface area contributed by atoms with Crippen molar-refractivity contribution in [3.8, 4) is 28.4 Å². The number of aryl methyl sites for hydroxylation is 1. The molecule has 2 atom stereocenters. The normalized spacial score (nSPS) is 18.8. The number of hydrogen-bond acceptors (Lipinski definition) is 4. The van der Waals surface area contributed by atoms with Crippen LogP contribution in [0.25, 0.3) is 21.9 Å². The largest absolute Gasteiger partial charge is 0.507 e. The van der Waals surface area contributed by atoms with Crippen molar-refractivity contribution in [3.63, 3.8) is 0 Å². The van der Waals surface area contributed by atoms with E-state index in [2.05, 4.69) is 38.2 Å². The number of hydrogen-bond donors (Lipinski definition) is 2. The van der Waals surface area contributed by atoms with Crippen LogP contribution >= 0.6 is 0 Å². The molecule has 2 N–H and O–H groups in total. The summed E-state index contributed by atoms with van der Waals surface area (Å²) in [6, 6.07) is 12.6. The molecule has 4 nitrogen and oxygen atoms in total. The maximum absolute atomic E-state index is 10.5. The van der Waals surface area contributed by atoms with Crippen LogP contribution in [0.4, 0.5) is 0 Å². The molecule has 4 heteroatoms. The first-order chi connectivity index (χ1) is 13.5. The van der Waals surface area contributed by atoms with Crippen LogP contribution in [0.3, 0.4) is 0 Å². The van der Waals surface area contributed by atoms with E-state index in [1.807, 2.05) is 18.2 Å². The fourth-order valence-corrected chi connectivity index (χ4v) is 4.69. The average molecular weight is 377 g/mol. The van der Waals surface area contributed by atoms with Gasteiger partial charge in [-0.1, -0.05) is 24.3 Å². The van der Waals surface area contributed by atoms with E-state index in [1.54, 1.807) is 20.3 Å². The molecule has 0 aliphatic carbocycles. The molecule has 0 fully saturated rings. The lowest BCUT2D eigenvalue weighted by atomic mass is 9.85. The highest BCUT2D eigenvalue weighted by Gasteiger charge is 2.27. The van der Waals surface area contributed by atoms with E-state index in [0.717, 1.165) is 39.6 Å². The van der Waals surface area contributed by atoms with Gasteiger partial charge in [0.05, 0.1) is 19.6 Å². The van der Waals surface area contributed by atoms with Gasteiger partial charge in [0.1, 0.15) is 17.2 Å². The Kier molecular flexibility index (Phi) is 4.68. The number of benzene rings is 3. The van der Waals surface area contributed by atoms with Gasteiger partial charge in [-0.15, -0.1) is 0 Å². The molecule has 4 rings (SSSR count). The van der Waals surface area contributed by atoms with Gasteiger partial charge in [-0.05, 0) is 61.4 Å². The molecule has 0 saturated heterocycles. The summed E-state index contributed by atoms with van der Waals surface area (Å²) in [5.41, 5.74) is 5.75. The highest BCUT2D eigenvalue weighted by Crippen LogP contribution is 2.47. The summed E-state index contributed by atoms with van der Waals surface area (Å²) in [4.78, 5) is 0. The van der Waals surface area contributed by atoms with Gasteiger partial charge in [0.25, 0.3) is 0 Å². The molecule has 0 radical (unpaired) electrons. The molecule has 1 aliphatic rings. The number of aromatic hydroxyl groups is 1. The first-order valence-corrected chi connectivity index (χ1v) is 9.71. The molecular weight excluding hydrogens is 350 g/mol. The SMILES string of the molecule is COc1c(-c2c(C)cc(OC)c3c(O)cccc23)ccc2c1[C@@H](C)N[C@H](C)C2. The third-order valence-corrected chi connectivity index (χ3v) is 5.77.